The van der Waals surface area contributed by atoms with Gasteiger partial charge in [0.2, 0.25) is 5.91 Å². The predicted molar refractivity (Wildman–Crippen MR) is 66.7 cm³/mol. The summed E-state index contributed by atoms with van der Waals surface area (Å²) in [5, 5.41) is 0. The summed E-state index contributed by atoms with van der Waals surface area (Å²) in [4.78, 5) is 19.2. The molecule has 1 amide bonds. The molecule has 0 radical (unpaired) electrons. The molecule has 0 aromatic heterocycles. The van der Waals surface area contributed by atoms with Crippen molar-refractivity contribution in [1.82, 2.24) is 14.7 Å². The molecule has 0 N–H and O–H groups in total. The van der Waals surface area contributed by atoms with E-state index in [9.17, 15) is 4.79 Å². The first-order chi connectivity index (χ1) is 8.06. The van der Waals surface area contributed by atoms with Gasteiger partial charge in [0.25, 0.3) is 0 Å². The van der Waals surface area contributed by atoms with E-state index >= 15 is 0 Å². The molecule has 4 aliphatic rings. The minimum atomic E-state index is 0.288. The van der Waals surface area contributed by atoms with Crippen LogP contribution in [-0.4, -0.2) is 72.0 Å². The fourth-order valence-electron chi connectivity index (χ4n) is 3.49. The maximum absolute atomic E-state index is 12.3. The number of hydrogen-bond acceptors (Lipinski definition) is 3. The summed E-state index contributed by atoms with van der Waals surface area (Å²) in [6, 6.07) is 1.64. The van der Waals surface area contributed by atoms with Crippen molar-refractivity contribution in [2.75, 3.05) is 33.2 Å². The topological polar surface area (TPSA) is 26.8 Å². The van der Waals surface area contributed by atoms with E-state index in [-0.39, 0.29) is 5.92 Å². The highest BCUT2D eigenvalue weighted by Gasteiger charge is 2.49. The molecule has 0 spiro atoms. The van der Waals surface area contributed by atoms with Crippen LogP contribution in [0.25, 0.3) is 0 Å². The van der Waals surface area contributed by atoms with Gasteiger partial charge >= 0.3 is 0 Å². The van der Waals surface area contributed by atoms with E-state index < -0.39 is 0 Å². The van der Waals surface area contributed by atoms with Crippen LogP contribution in [0.2, 0.25) is 0 Å². The zero-order valence-electron chi connectivity index (χ0n) is 11.1. The van der Waals surface area contributed by atoms with Gasteiger partial charge in [0, 0.05) is 44.3 Å². The highest BCUT2D eigenvalue weighted by molar-refractivity contribution is 5.82. The predicted octanol–water partition coefficient (Wildman–Crippen LogP) is 0.242. The molecule has 96 valence electrons. The van der Waals surface area contributed by atoms with Crippen LogP contribution >= 0.6 is 0 Å². The number of likely N-dealkylation sites (tertiary alicyclic amines) is 1. The van der Waals surface area contributed by atoms with E-state index in [4.69, 9.17) is 0 Å². The molecule has 4 rings (SSSR count). The van der Waals surface area contributed by atoms with Crippen LogP contribution in [0.3, 0.4) is 0 Å². The minimum absolute atomic E-state index is 0.288. The lowest BCUT2D eigenvalue weighted by Gasteiger charge is -2.58. The molecule has 4 fully saturated rings. The molecule has 4 aliphatic heterocycles. The number of rotatable bonds is 2. The summed E-state index contributed by atoms with van der Waals surface area (Å²) in [6.45, 7) is 8.59. The molecule has 4 heteroatoms. The molecule has 4 nitrogen and oxygen atoms in total. The summed E-state index contributed by atoms with van der Waals surface area (Å²) in [7, 11) is 2.08. The van der Waals surface area contributed by atoms with E-state index in [1.54, 1.807) is 0 Å². The highest BCUT2D eigenvalue weighted by atomic mass is 16.2. The Morgan fingerprint density at radius 1 is 1.12 bits per heavy atom. The summed E-state index contributed by atoms with van der Waals surface area (Å²) in [5.74, 6) is 0.712. The lowest BCUT2D eigenvalue weighted by molar-refractivity contribution is -0.164. The van der Waals surface area contributed by atoms with Crippen LogP contribution < -0.4 is 0 Å². The lowest BCUT2D eigenvalue weighted by atomic mass is 9.84. The maximum Gasteiger partial charge on any atom is 0.228 e. The van der Waals surface area contributed by atoms with Gasteiger partial charge in [-0.1, -0.05) is 0 Å². The number of piperazine rings is 1. The molecular weight excluding hydrogens is 214 g/mol. The third-order valence-electron chi connectivity index (χ3n) is 4.62. The number of piperidine rings is 1. The van der Waals surface area contributed by atoms with Gasteiger partial charge in [0.05, 0.1) is 5.92 Å². The van der Waals surface area contributed by atoms with Crippen molar-refractivity contribution in [3.05, 3.63) is 0 Å². The summed E-state index contributed by atoms with van der Waals surface area (Å²) >= 11 is 0. The number of nitrogens with zero attached hydrogens (tertiary/aromatic N) is 3. The van der Waals surface area contributed by atoms with Crippen LogP contribution in [0.15, 0.2) is 0 Å². The van der Waals surface area contributed by atoms with Crippen molar-refractivity contribution >= 4 is 5.91 Å². The minimum Gasteiger partial charge on any atom is -0.334 e. The van der Waals surface area contributed by atoms with Gasteiger partial charge in [-0.05, 0) is 27.3 Å². The van der Waals surface area contributed by atoms with Crippen molar-refractivity contribution in [1.29, 1.82) is 0 Å². The van der Waals surface area contributed by atoms with Gasteiger partial charge in [0.15, 0.2) is 0 Å². The fourth-order valence-corrected chi connectivity index (χ4v) is 3.49. The molecule has 4 saturated heterocycles. The maximum atomic E-state index is 12.3. The van der Waals surface area contributed by atoms with Crippen molar-refractivity contribution < 1.29 is 4.79 Å². The van der Waals surface area contributed by atoms with Gasteiger partial charge in [-0.15, -0.1) is 0 Å². The molecular formula is C13H23N3O. The van der Waals surface area contributed by atoms with Crippen LogP contribution in [0, 0.1) is 5.92 Å². The Hall–Kier alpha value is -0.610. The number of amides is 1. The molecule has 0 aromatic rings. The zero-order chi connectivity index (χ0) is 12.2. The Labute approximate surface area is 104 Å². The average Bonchev–Trinajstić information content (AvgIpc) is 2.24. The lowest BCUT2D eigenvalue weighted by Crippen LogP contribution is -2.73. The standard InChI is InChI=1S/C13H23N3O/c1-9(2)15-7-11-4-12(8-15)16(11)13(17)10-5-14(3)6-10/h9-12H,4-8H2,1-3H3. The van der Waals surface area contributed by atoms with E-state index in [0.717, 1.165) is 26.2 Å². The molecule has 0 aromatic carbocycles. The SMILES string of the molecule is CC(C)N1CC2CC(C1)N2C(=O)C1CN(C)C1. The molecule has 2 unspecified atom stereocenters. The largest absolute Gasteiger partial charge is 0.334 e. The van der Waals surface area contributed by atoms with Crippen molar-refractivity contribution in [2.45, 2.75) is 38.4 Å². The zero-order valence-corrected chi connectivity index (χ0v) is 11.1. The Morgan fingerprint density at radius 2 is 1.71 bits per heavy atom. The number of hydrogen-bond donors (Lipinski definition) is 0. The summed E-state index contributed by atoms with van der Waals surface area (Å²) < 4.78 is 0. The Bertz CT molecular complexity index is 313. The number of fused-ring (bicyclic) bond motifs is 2. The van der Waals surface area contributed by atoms with Crippen LogP contribution in [-0.2, 0) is 4.79 Å². The Morgan fingerprint density at radius 3 is 2.18 bits per heavy atom. The van der Waals surface area contributed by atoms with Gasteiger partial charge in [-0.25, -0.2) is 0 Å². The second-order valence-corrected chi connectivity index (χ2v) is 6.25. The van der Waals surface area contributed by atoms with E-state index in [1.807, 2.05) is 0 Å². The summed E-state index contributed by atoms with van der Waals surface area (Å²) in [5.41, 5.74) is 0. The first-order valence-electron chi connectivity index (χ1n) is 6.81. The number of carbonyl (C=O) groups is 1. The Balaban J connectivity index is 1.59. The fraction of sp³-hybridized carbons (Fsp3) is 0.923. The molecule has 4 heterocycles. The number of carbonyl (C=O) groups excluding carboxylic acids is 1. The van der Waals surface area contributed by atoms with Gasteiger partial charge in [0.1, 0.15) is 0 Å². The van der Waals surface area contributed by atoms with Crippen molar-refractivity contribution in [3.63, 3.8) is 0 Å². The van der Waals surface area contributed by atoms with Crippen LogP contribution in [0.4, 0.5) is 0 Å². The average molecular weight is 237 g/mol. The van der Waals surface area contributed by atoms with E-state index in [2.05, 4.69) is 35.6 Å². The van der Waals surface area contributed by atoms with Crippen LogP contribution in [0.1, 0.15) is 20.3 Å². The van der Waals surface area contributed by atoms with Crippen molar-refractivity contribution in [2.24, 2.45) is 5.92 Å². The van der Waals surface area contributed by atoms with Gasteiger partial charge in [-0.2, -0.15) is 0 Å². The molecule has 2 bridgehead atoms. The smallest absolute Gasteiger partial charge is 0.228 e. The second kappa shape index (κ2) is 3.95. The van der Waals surface area contributed by atoms with Crippen molar-refractivity contribution in [3.8, 4) is 0 Å². The highest BCUT2D eigenvalue weighted by Crippen LogP contribution is 2.35. The monoisotopic (exact) mass is 237 g/mol. The summed E-state index contributed by atoms with van der Waals surface area (Å²) in [6.07, 6.45) is 1.23. The molecule has 17 heavy (non-hydrogen) atoms. The van der Waals surface area contributed by atoms with E-state index in [1.165, 1.54) is 6.42 Å². The Kier molecular flexibility index (Phi) is 2.67. The van der Waals surface area contributed by atoms with Gasteiger partial charge < -0.3 is 9.80 Å². The molecule has 2 atom stereocenters. The quantitative estimate of drug-likeness (QED) is 0.688. The van der Waals surface area contributed by atoms with E-state index in [0.29, 0.717) is 24.0 Å². The van der Waals surface area contributed by atoms with Gasteiger partial charge in [-0.3, -0.25) is 9.69 Å². The molecule has 0 aliphatic carbocycles. The first-order valence-corrected chi connectivity index (χ1v) is 6.81. The third-order valence-corrected chi connectivity index (χ3v) is 4.62. The third kappa shape index (κ3) is 1.78. The first kappa shape index (κ1) is 11.5. The molecule has 0 saturated carbocycles. The second-order valence-electron chi connectivity index (χ2n) is 6.25. The normalized spacial score (nSPS) is 34.7. The van der Waals surface area contributed by atoms with Crippen LogP contribution in [0.5, 0.6) is 0 Å².